The highest BCUT2D eigenvalue weighted by Crippen LogP contribution is 2.34. The topological polar surface area (TPSA) is 46.0 Å². The predicted octanol–water partition coefficient (Wildman–Crippen LogP) is 3.68. The van der Waals surface area contributed by atoms with Gasteiger partial charge in [-0.25, -0.2) is 4.98 Å². The molecule has 4 rings (SSSR count). The smallest absolute Gasteiger partial charge is 0.159 e. The second-order valence-corrected chi connectivity index (χ2v) is 8.03. The van der Waals surface area contributed by atoms with Gasteiger partial charge < -0.3 is 5.32 Å². The molecule has 3 heterocycles. The van der Waals surface area contributed by atoms with E-state index >= 15 is 0 Å². The van der Waals surface area contributed by atoms with E-state index in [2.05, 4.69) is 70.5 Å². The second-order valence-electron chi connectivity index (χ2n) is 8.03. The number of hydrogen-bond acceptors (Lipinski definition) is 4. The van der Waals surface area contributed by atoms with Crippen molar-refractivity contribution in [1.82, 2.24) is 19.7 Å². The molecule has 0 saturated carbocycles. The molecule has 1 unspecified atom stereocenters. The molecule has 136 valence electrons. The molecule has 0 aliphatic carbocycles. The molecule has 1 N–H and O–H groups in total. The summed E-state index contributed by atoms with van der Waals surface area (Å²) in [4.78, 5) is 7.01. The highest BCUT2D eigenvalue weighted by atomic mass is 15.3. The van der Waals surface area contributed by atoms with Crippen LogP contribution in [0.5, 0.6) is 0 Å². The van der Waals surface area contributed by atoms with Gasteiger partial charge in [0.25, 0.3) is 0 Å². The van der Waals surface area contributed by atoms with E-state index in [9.17, 15) is 0 Å². The quantitative estimate of drug-likeness (QED) is 0.780. The number of aromatic nitrogens is 3. The van der Waals surface area contributed by atoms with E-state index in [4.69, 9.17) is 0 Å². The van der Waals surface area contributed by atoms with Crippen LogP contribution in [0.2, 0.25) is 0 Å². The number of nitrogens with one attached hydrogen (secondary N) is 1. The van der Waals surface area contributed by atoms with Crippen molar-refractivity contribution in [3.05, 3.63) is 54.4 Å². The van der Waals surface area contributed by atoms with Crippen LogP contribution in [0.4, 0.5) is 5.69 Å². The number of likely N-dealkylation sites (tertiary alicyclic amines) is 1. The Morgan fingerprint density at radius 1 is 1.19 bits per heavy atom. The molecular weight excluding hydrogens is 322 g/mol. The number of hydrogen-bond donors (Lipinski definition) is 1. The third kappa shape index (κ3) is 3.31. The maximum absolute atomic E-state index is 4.44. The van der Waals surface area contributed by atoms with Gasteiger partial charge in [0.2, 0.25) is 0 Å². The normalized spacial score (nSPS) is 20.3. The number of fused-ring (bicyclic) bond motifs is 1. The largest absolute Gasteiger partial charge is 0.381 e. The Morgan fingerprint density at radius 3 is 2.77 bits per heavy atom. The minimum atomic E-state index is 0.185. The summed E-state index contributed by atoms with van der Waals surface area (Å²) in [7, 11) is 1.94. The molecule has 5 nitrogen and oxygen atoms in total. The lowest BCUT2D eigenvalue weighted by Crippen LogP contribution is -2.51. The van der Waals surface area contributed by atoms with Crippen molar-refractivity contribution in [2.75, 3.05) is 18.4 Å². The minimum absolute atomic E-state index is 0.185. The number of aryl methyl sites for hydroxylation is 1. The van der Waals surface area contributed by atoms with Crippen LogP contribution in [-0.4, -0.2) is 38.8 Å². The van der Waals surface area contributed by atoms with Gasteiger partial charge in [-0.1, -0.05) is 44.2 Å². The zero-order valence-electron chi connectivity index (χ0n) is 15.8. The zero-order valence-corrected chi connectivity index (χ0v) is 15.8. The van der Waals surface area contributed by atoms with Gasteiger partial charge in [-0.3, -0.25) is 9.58 Å². The van der Waals surface area contributed by atoms with Gasteiger partial charge in [-0.05, 0) is 23.5 Å². The lowest BCUT2D eigenvalue weighted by atomic mass is 9.78. The Labute approximate surface area is 155 Å². The summed E-state index contributed by atoms with van der Waals surface area (Å²) in [6.07, 6.45) is 4.90. The molecular formula is C21H27N5. The molecule has 0 spiro atoms. The van der Waals surface area contributed by atoms with E-state index in [-0.39, 0.29) is 5.41 Å². The minimum Gasteiger partial charge on any atom is -0.381 e. The third-order valence-corrected chi connectivity index (χ3v) is 5.52. The Balaban J connectivity index is 1.48. The Hall–Kier alpha value is -2.40. The average Bonchev–Trinajstić information content (AvgIpc) is 3.00. The summed E-state index contributed by atoms with van der Waals surface area (Å²) in [5.41, 5.74) is 3.64. The van der Waals surface area contributed by atoms with Crippen LogP contribution in [0.1, 0.15) is 25.8 Å². The molecule has 3 aromatic rings. The van der Waals surface area contributed by atoms with Crippen molar-refractivity contribution in [1.29, 1.82) is 0 Å². The number of anilines is 1. The van der Waals surface area contributed by atoms with E-state index in [0.29, 0.717) is 6.04 Å². The van der Waals surface area contributed by atoms with E-state index in [1.54, 1.807) is 0 Å². The number of pyridine rings is 1. The highest BCUT2D eigenvalue weighted by Gasteiger charge is 2.36. The van der Waals surface area contributed by atoms with Crippen molar-refractivity contribution in [3.8, 4) is 0 Å². The van der Waals surface area contributed by atoms with Gasteiger partial charge in [0, 0.05) is 44.6 Å². The van der Waals surface area contributed by atoms with Crippen LogP contribution in [0.15, 0.2) is 48.8 Å². The first kappa shape index (κ1) is 17.0. The molecule has 2 aromatic heterocycles. The van der Waals surface area contributed by atoms with Crippen LogP contribution in [0.25, 0.3) is 11.0 Å². The molecule has 1 saturated heterocycles. The summed E-state index contributed by atoms with van der Waals surface area (Å²) in [5, 5.41) is 9.24. The van der Waals surface area contributed by atoms with Crippen LogP contribution in [0.3, 0.4) is 0 Å². The first-order valence-corrected chi connectivity index (χ1v) is 9.32. The molecule has 1 fully saturated rings. The Kier molecular flexibility index (Phi) is 4.41. The summed E-state index contributed by atoms with van der Waals surface area (Å²) in [5.74, 6) is 0. The molecule has 1 aliphatic heterocycles. The van der Waals surface area contributed by atoms with Crippen molar-refractivity contribution >= 4 is 16.7 Å². The Bertz CT molecular complexity index is 884. The SMILES string of the molecule is Cn1ncc2c(NC3CCN(Cc4ccccc4)CC3(C)C)ccnc21. The number of piperidine rings is 1. The lowest BCUT2D eigenvalue weighted by molar-refractivity contribution is 0.0979. The fourth-order valence-electron chi connectivity index (χ4n) is 4.07. The van der Waals surface area contributed by atoms with Crippen molar-refractivity contribution in [2.24, 2.45) is 12.5 Å². The summed E-state index contributed by atoms with van der Waals surface area (Å²) in [6.45, 7) is 7.95. The van der Waals surface area contributed by atoms with Gasteiger partial charge in [-0.15, -0.1) is 0 Å². The van der Waals surface area contributed by atoms with Crippen molar-refractivity contribution in [3.63, 3.8) is 0 Å². The van der Waals surface area contributed by atoms with E-state index in [1.165, 1.54) is 5.56 Å². The standard InChI is InChI=1S/C21H27N5/c1-21(2)15-26(14-16-7-5-4-6-8-16)12-10-19(21)24-18-9-11-22-20-17(18)13-23-25(20)3/h4-9,11,13,19H,10,12,14-15H2,1-3H3,(H,22,24). The molecule has 5 heteroatoms. The maximum Gasteiger partial charge on any atom is 0.159 e. The lowest BCUT2D eigenvalue weighted by Gasteiger charge is -2.45. The van der Waals surface area contributed by atoms with Crippen LogP contribution < -0.4 is 5.32 Å². The van der Waals surface area contributed by atoms with Crippen LogP contribution >= 0.6 is 0 Å². The molecule has 1 aromatic carbocycles. The summed E-state index contributed by atoms with van der Waals surface area (Å²) in [6, 6.07) is 13.3. The van der Waals surface area contributed by atoms with Crippen molar-refractivity contribution in [2.45, 2.75) is 32.9 Å². The third-order valence-electron chi connectivity index (χ3n) is 5.52. The molecule has 26 heavy (non-hydrogen) atoms. The highest BCUT2D eigenvalue weighted by molar-refractivity contribution is 5.88. The second kappa shape index (κ2) is 6.72. The monoisotopic (exact) mass is 349 g/mol. The molecule has 0 bridgehead atoms. The molecule has 1 aliphatic rings. The van der Waals surface area contributed by atoms with E-state index in [1.807, 2.05) is 24.1 Å². The van der Waals surface area contributed by atoms with Gasteiger partial charge in [0.1, 0.15) is 0 Å². The predicted molar refractivity (Wildman–Crippen MR) is 106 cm³/mol. The first-order valence-electron chi connectivity index (χ1n) is 9.32. The fourth-order valence-corrected chi connectivity index (χ4v) is 4.07. The number of nitrogens with zero attached hydrogens (tertiary/aromatic N) is 4. The maximum atomic E-state index is 4.44. The van der Waals surface area contributed by atoms with Gasteiger partial charge in [0.05, 0.1) is 11.6 Å². The Morgan fingerprint density at radius 2 is 2.00 bits per heavy atom. The van der Waals surface area contributed by atoms with Gasteiger partial charge >= 0.3 is 0 Å². The number of benzene rings is 1. The van der Waals surface area contributed by atoms with Gasteiger partial charge in [-0.2, -0.15) is 5.10 Å². The van der Waals surface area contributed by atoms with Crippen LogP contribution in [-0.2, 0) is 13.6 Å². The van der Waals surface area contributed by atoms with E-state index < -0.39 is 0 Å². The van der Waals surface area contributed by atoms with E-state index in [0.717, 1.165) is 42.8 Å². The first-order chi connectivity index (χ1) is 12.5. The number of rotatable bonds is 4. The average molecular weight is 349 g/mol. The van der Waals surface area contributed by atoms with Crippen molar-refractivity contribution < 1.29 is 0 Å². The van der Waals surface area contributed by atoms with Gasteiger partial charge in [0.15, 0.2) is 5.65 Å². The summed E-state index contributed by atoms with van der Waals surface area (Å²) < 4.78 is 1.83. The van der Waals surface area contributed by atoms with Crippen LogP contribution in [0, 0.1) is 5.41 Å². The summed E-state index contributed by atoms with van der Waals surface area (Å²) >= 11 is 0. The molecule has 0 amide bonds. The zero-order chi connectivity index (χ0) is 18.1. The fraction of sp³-hybridized carbons (Fsp3) is 0.429. The molecule has 0 radical (unpaired) electrons. The molecule has 1 atom stereocenters.